The largest absolute Gasteiger partial charge is 0.467 e. The molecule has 2 atom stereocenters. The second kappa shape index (κ2) is 5.67. The van der Waals surface area contributed by atoms with Crippen LogP contribution < -0.4 is 15.4 Å². The first-order valence-corrected chi connectivity index (χ1v) is 6.47. The summed E-state index contributed by atoms with van der Waals surface area (Å²) in [5.74, 6) is 0.550. The van der Waals surface area contributed by atoms with Crippen molar-refractivity contribution in [2.45, 2.75) is 38.3 Å². The maximum atomic E-state index is 5.89. The van der Waals surface area contributed by atoms with E-state index in [9.17, 15) is 0 Å². The fourth-order valence-corrected chi connectivity index (χ4v) is 2.56. The Bertz CT molecular complexity index is 416. The van der Waals surface area contributed by atoms with E-state index in [0.717, 1.165) is 12.8 Å². The van der Waals surface area contributed by atoms with Gasteiger partial charge < -0.3 is 15.4 Å². The van der Waals surface area contributed by atoms with Crippen molar-refractivity contribution in [2.24, 2.45) is 5.73 Å². The van der Waals surface area contributed by atoms with Crippen molar-refractivity contribution >= 4 is 17.5 Å². The first kappa shape index (κ1) is 13.3. The van der Waals surface area contributed by atoms with Gasteiger partial charge in [-0.2, -0.15) is 15.0 Å². The maximum Gasteiger partial charge on any atom is 0.322 e. The molecule has 1 fully saturated rings. The molecule has 0 aliphatic carbocycles. The normalized spacial score (nSPS) is 24.1. The number of aromatic nitrogens is 3. The summed E-state index contributed by atoms with van der Waals surface area (Å²) in [6.07, 6.45) is 3.32. The number of rotatable bonds is 3. The molecule has 0 saturated carbocycles. The van der Waals surface area contributed by atoms with Crippen LogP contribution in [0.1, 0.15) is 26.2 Å². The number of nitrogens with two attached hydrogens (primary N) is 1. The van der Waals surface area contributed by atoms with Crippen LogP contribution in [0.25, 0.3) is 0 Å². The summed E-state index contributed by atoms with van der Waals surface area (Å²) in [5.41, 5.74) is 5.82. The summed E-state index contributed by atoms with van der Waals surface area (Å²) in [5, 5.41) is 0.144. The van der Waals surface area contributed by atoms with Crippen LogP contribution in [0.5, 0.6) is 6.01 Å². The van der Waals surface area contributed by atoms with E-state index in [0.29, 0.717) is 18.5 Å². The minimum absolute atomic E-state index is 0.144. The Morgan fingerprint density at radius 3 is 2.83 bits per heavy atom. The van der Waals surface area contributed by atoms with E-state index in [4.69, 9.17) is 22.1 Å². The lowest BCUT2D eigenvalue weighted by Crippen LogP contribution is -2.49. The Morgan fingerprint density at radius 2 is 2.17 bits per heavy atom. The molecule has 1 aromatic heterocycles. The molecule has 0 amide bonds. The molecule has 1 aliphatic heterocycles. The van der Waals surface area contributed by atoms with E-state index in [1.165, 1.54) is 13.5 Å². The molecule has 1 saturated heterocycles. The van der Waals surface area contributed by atoms with Crippen molar-refractivity contribution in [1.29, 1.82) is 0 Å². The summed E-state index contributed by atoms with van der Waals surface area (Å²) in [4.78, 5) is 14.5. The van der Waals surface area contributed by atoms with Gasteiger partial charge in [-0.25, -0.2) is 0 Å². The quantitative estimate of drug-likeness (QED) is 0.891. The van der Waals surface area contributed by atoms with Gasteiger partial charge >= 0.3 is 6.01 Å². The standard InChI is InChI=1S/C11H18ClN5O/c1-7-4-3-5-8(6-13)17(7)10-14-9(12)15-11(16-10)18-2/h7-8H,3-6,13H2,1-2H3. The molecule has 0 bridgehead atoms. The van der Waals surface area contributed by atoms with Crippen LogP contribution in [0.3, 0.4) is 0 Å². The second-order valence-electron chi connectivity index (χ2n) is 4.47. The lowest BCUT2D eigenvalue weighted by atomic mass is 9.97. The lowest BCUT2D eigenvalue weighted by Gasteiger charge is -2.40. The van der Waals surface area contributed by atoms with Crippen LogP contribution >= 0.6 is 11.6 Å². The predicted octanol–water partition coefficient (Wildman–Crippen LogP) is 1.24. The number of anilines is 1. The molecule has 100 valence electrons. The van der Waals surface area contributed by atoms with Gasteiger partial charge in [0.2, 0.25) is 11.2 Å². The van der Waals surface area contributed by atoms with E-state index in [1.807, 2.05) is 0 Å². The molecular weight excluding hydrogens is 254 g/mol. The van der Waals surface area contributed by atoms with Gasteiger partial charge in [0.25, 0.3) is 0 Å². The van der Waals surface area contributed by atoms with Crippen LogP contribution in [-0.4, -0.2) is 40.7 Å². The summed E-state index contributed by atoms with van der Waals surface area (Å²) in [6, 6.07) is 0.825. The van der Waals surface area contributed by atoms with Crippen LogP contribution in [0, 0.1) is 0 Å². The third kappa shape index (κ3) is 2.64. The van der Waals surface area contributed by atoms with Gasteiger partial charge in [-0.3, -0.25) is 0 Å². The van der Waals surface area contributed by atoms with Gasteiger partial charge in [-0.1, -0.05) is 0 Å². The molecule has 2 heterocycles. The average molecular weight is 272 g/mol. The maximum absolute atomic E-state index is 5.89. The van der Waals surface area contributed by atoms with Crippen LogP contribution in [-0.2, 0) is 0 Å². The molecule has 2 N–H and O–H groups in total. The molecule has 6 nitrogen and oxygen atoms in total. The highest BCUT2D eigenvalue weighted by Gasteiger charge is 2.29. The predicted molar refractivity (Wildman–Crippen MR) is 70.0 cm³/mol. The average Bonchev–Trinajstić information content (AvgIpc) is 2.37. The van der Waals surface area contributed by atoms with Gasteiger partial charge in [-0.15, -0.1) is 0 Å². The zero-order valence-corrected chi connectivity index (χ0v) is 11.4. The zero-order valence-electron chi connectivity index (χ0n) is 10.6. The van der Waals surface area contributed by atoms with E-state index in [1.54, 1.807) is 0 Å². The number of ether oxygens (including phenoxy) is 1. The fourth-order valence-electron chi connectivity index (χ4n) is 2.41. The van der Waals surface area contributed by atoms with Crippen molar-refractivity contribution in [1.82, 2.24) is 15.0 Å². The lowest BCUT2D eigenvalue weighted by molar-refractivity contribution is 0.367. The summed E-state index contributed by atoms with van der Waals surface area (Å²) < 4.78 is 5.03. The Balaban J connectivity index is 2.34. The molecule has 18 heavy (non-hydrogen) atoms. The van der Waals surface area contributed by atoms with Crippen LogP contribution in [0.4, 0.5) is 5.95 Å². The SMILES string of the molecule is COc1nc(Cl)nc(N2C(C)CCCC2CN)n1. The summed E-state index contributed by atoms with van der Waals surface area (Å²) in [6.45, 7) is 2.72. The Labute approximate surface area is 112 Å². The molecule has 1 aromatic rings. The van der Waals surface area contributed by atoms with E-state index < -0.39 is 0 Å². The van der Waals surface area contributed by atoms with Gasteiger partial charge in [0.1, 0.15) is 0 Å². The highest BCUT2D eigenvalue weighted by molar-refractivity contribution is 6.28. The molecule has 7 heteroatoms. The summed E-state index contributed by atoms with van der Waals surface area (Å²) >= 11 is 5.89. The third-order valence-electron chi connectivity index (χ3n) is 3.29. The van der Waals surface area contributed by atoms with E-state index >= 15 is 0 Å². The topological polar surface area (TPSA) is 77.2 Å². The number of hydrogen-bond acceptors (Lipinski definition) is 6. The van der Waals surface area contributed by atoms with Crippen molar-refractivity contribution < 1.29 is 4.74 Å². The van der Waals surface area contributed by atoms with Gasteiger partial charge in [-0.05, 0) is 37.8 Å². The van der Waals surface area contributed by atoms with Crippen molar-refractivity contribution in [3.05, 3.63) is 5.28 Å². The smallest absolute Gasteiger partial charge is 0.322 e. The highest BCUT2D eigenvalue weighted by atomic mass is 35.5. The number of hydrogen-bond donors (Lipinski definition) is 1. The number of piperidine rings is 1. The van der Waals surface area contributed by atoms with Crippen molar-refractivity contribution in [3.8, 4) is 6.01 Å². The molecule has 0 spiro atoms. The van der Waals surface area contributed by atoms with Crippen molar-refractivity contribution in [3.63, 3.8) is 0 Å². The molecule has 0 radical (unpaired) electrons. The van der Waals surface area contributed by atoms with E-state index in [2.05, 4.69) is 26.8 Å². The van der Waals surface area contributed by atoms with Crippen LogP contribution in [0.2, 0.25) is 5.28 Å². The second-order valence-corrected chi connectivity index (χ2v) is 4.81. The highest BCUT2D eigenvalue weighted by Crippen LogP contribution is 2.27. The van der Waals surface area contributed by atoms with Crippen LogP contribution in [0.15, 0.2) is 0 Å². The molecule has 2 rings (SSSR count). The van der Waals surface area contributed by atoms with Gasteiger partial charge in [0.05, 0.1) is 7.11 Å². The zero-order chi connectivity index (χ0) is 13.1. The number of nitrogens with zero attached hydrogens (tertiary/aromatic N) is 4. The number of halogens is 1. The Hall–Kier alpha value is -1.14. The summed E-state index contributed by atoms with van der Waals surface area (Å²) in [7, 11) is 1.51. The first-order valence-electron chi connectivity index (χ1n) is 6.09. The third-order valence-corrected chi connectivity index (χ3v) is 3.46. The molecule has 1 aliphatic rings. The monoisotopic (exact) mass is 271 g/mol. The molecule has 2 unspecified atom stereocenters. The Morgan fingerprint density at radius 1 is 1.39 bits per heavy atom. The molecule has 0 aromatic carbocycles. The number of methoxy groups -OCH3 is 1. The fraction of sp³-hybridized carbons (Fsp3) is 0.727. The first-order chi connectivity index (χ1) is 8.65. The minimum atomic E-state index is 0.144. The molecular formula is C11H18ClN5O. The van der Waals surface area contributed by atoms with Gasteiger partial charge in [0.15, 0.2) is 0 Å². The van der Waals surface area contributed by atoms with Gasteiger partial charge in [0, 0.05) is 18.6 Å². The van der Waals surface area contributed by atoms with Crippen molar-refractivity contribution in [2.75, 3.05) is 18.6 Å². The minimum Gasteiger partial charge on any atom is -0.467 e. The Kier molecular flexibility index (Phi) is 4.19. The van der Waals surface area contributed by atoms with E-state index in [-0.39, 0.29) is 17.3 Å².